The summed E-state index contributed by atoms with van der Waals surface area (Å²) < 4.78 is 49.8. The first-order valence-corrected chi connectivity index (χ1v) is 13.8. The molecule has 234 valence electrons. The molecule has 40 heavy (non-hydrogen) atoms. The predicted octanol–water partition coefficient (Wildman–Crippen LogP) is -1.70. The van der Waals surface area contributed by atoms with E-state index in [4.69, 9.17) is 41.3 Å². The van der Waals surface area contributed by atoms with E-state index in [1.807, 2.05) is 0 Å². The lowest BCUT2D eigenvalue weighted by atomic mass is 9.83. The number of aliphatic hydroxyl groups excluding tert-OH is 4. The summed E-state index contributed by atoms with van der Waals surface area (Å²) in [5.41, 5.74) is 16.9. The second kappa shape index (κ2) is 14.4. The van der Waals surface area contributed by atoms with Gasteiger partial charge in [0.05, 0.1) is 30.4 Å². The van der Waals surface area contributed by atoms with Crippen molar-refractivity contribution in [1.82, 2.24) is 0 Å². The molecule has 1 saturated carbocycles. The van der Waals surface area contributed by atoms with Crippen LogP contribution < -0.4 is 17.2 Å². The summed E-state index contributed by atoms with van der Waals surface area (Å²) in [6.07, 6.45) is -9.81. The van der Waals surface area contributed by atoms with Crippen LogP contribution in [0.4, 0.5) is 8.78 Å². The number of aliphatic hydroxyl groups is 5. The first-order chi connectivity index (χ1) is 18.8. The Bertz CT molecular complexity index is 829. The number of aliphatic imine (C=N–C) groups is 1. The minimum atomic E-state index is -3.19. The largest absolute Gasteiger partial charge is 0.396 e. The van der Waals surface area contributed by atoms with Gasteiger partial charge < -0.3 is 61.7 Å². The van der Waals surface area contributed by atoms with Crippen molar-refractivity contribution in [2.24, 2.45) is 28.1 Å². The second-order valence-corrected chi connectivity index (χ2v) is 11.4. The number of ether oxygens (including phenoxy) is 4. The molecule has 2 heterocycles. The molecule has 0 aromatic rings. The molecular weight excluding hydrogens is 538 g/mol. The molecule has 0 radical (unpaired) electrons. The number of alkyl halides is 2. The molecule has 3 fully saturated rings. The summed E-state index contributed by atoms with van der Waals surface area (Å²) in [4.78, 5) is 4.01. The maximum absolute atomic E-state index is 13.1. The smallest absolute Gasteiger partial charge is 0.271 e. The third kappa shape index (κ3) is 8.04. The number of unbranched alkanes of at least 4 members (excludes halogenated alkanes) is 1. The normalized spacial score (nSPS) is 44.1. The summed E-state index contributed by atoms with van der Waals surface area (Å²) in [5, 5.41) is 51.4. The number of hydrogen-bond acceptors (Lipinski definition) is 12. The Morgan fingerprint density at radius 2 is 1.75 bits per heavy atom. The van der Waals surface area contributed by atoms with Crippen LogP contribution in [0.15, 0.2) is 4.99 Å². The average molecular weight is 585 g/mol. The highest BCUT2D eigenvalue weighted by molar-refractivity contribution is 5.85. The summed E-state index contributed by atoms with van der Waals surface area (Å²) in [6, 6.07) is -2.51. The van der Waals surface area contributed by atoms with E-state index in [0.29, 0.717) is 25.7 Å². The van der Waals surface area contributed by atoms with Crippen molar-refractivity contribution in [3.8, 4) is 0 Å². The standard InChI is InChI=1S/C25H46F2N4O9/c1-11-16(33)24(37-10-25(11,2)36)40-20-15(31-22(30)18(35)21(26)27)9-14(29)19(17(20)34)39-23-13(28)7-6-12(38-23)5-3-4-8-32/h11-21,23-24,32-36H,3-10,28-29H2,1-2H3,(H2,30,31)/t11-,12-,13?,14+,15-,16?,17?,18?,19?,20?,23-,24-,25?/m1/s1. The highest BCUT2D eigenvalue weighted by Crippen LogP contribution is 2.35. The Kier molecular flexibility index (Phi) is 12.0. The molecule has 0 aromatic heterocycles. The highest BCUT2D eigenvalue weighted by atomic mass is 19.3. The fourth-order valence-corrected chi connectivity index (χ4v) is 5.31. The van der Waals surface area contributed by atoms with E-state index in [9.17, 15) is 29.2 Å². The van der Waals surface area contributed by atoms with Crippen LogP contribution >= 0.6 is 0 Å². The van der Waals surface area contributed by atoms with Gasteiger partial charge in [-0.05, 0) is 45.4 Å². The van der Waals surface area contributed by atoms with Gasteiger partial charge in [-0.1, -0.05) is 6.92 Å². The van der Waals surface area contributed by atoms with Gasteiger partial charge in [-0.3, -0.25) is 4.99 Å². The van der Waals surface area contributed by atoms with Gasteiger partial charge >= 0.3 is 0 Å². The van der Waals surface area contributed by atoms with Crippen molar-refractivity contribution in [2.75, 3.05) is 13.2 Å². The minimum Gasteiger partial charge on any atom is -0.396 e. The van der Waals surface area contributed by atoms with Gasteiger partial charge in [0.2, 0.25) is 0 Å². The Balaban J connectivity index is 1.81. The lowest BCUT2D eigenvalue weighted by Crippen LogP contribution is -2.64. The molecule has 11 N–H and O–H groups in total. The molecule has 2 aliphatic heterocycles. The van der Waals surface area contributed by atoms with E-state index in [1.54, 1.807) is 6.92 Å². The summed E-state index contributed by atoms with van der Waals surface area (Å²) in [5.74, 6) is -1.44. The lowest BCUT2D eigenvalue weighted by molar-refractivity contribution is -0.313. The molecule has 0 aromatic carbocycles. The Labute approximate surface area is 232 Å². The highest BCUT2D eigenvalue weighted by Gasteiger charge is 2.51. The average Bonchev–Trinajstić information content (AvgIpc) is 2.89. The van der Waals surface area contributed by atoms with Crippen LogP contribution in [-0.2, 0) is 18.9 Å². The van der Waals surface area contributed by atoms with E-state index >= 15 is 0 Å². The number of rotatable bonds is 11. The molecule has 0 spiro atoms. The van der Waals surface area contributed by atoms with Crippen molar-refractivity contribution in [3.05, 3.63) is 0 Å². The van der Waals surface area contributed by atoms with Crippen LogP contribution in [0, 0.1) is 5.92 Å². The Morgan fingerprint density at radius 1 is 1.07 bits per heavy atom. The summed E-state index contributed by atoms with van der Waals surface area (Å²) >= 11 is 0. The number of nitrogens with zero attached hydrogens (tertiary/aromatic N) is 1. The molecule has 13 nitrogen and oxygen atoms in total. The minimum absolute atomic E-state index is 0.0545. The first kappa shape index (κ1) is 33.4. The van der Waals surface area contributed by atoms with Crippen molar-refractivity contribution < 1.29 is 53.3 Å². The zero-order valence-corrected chi connectivity index (χ0v) is 23.0. The zero-order chi connectivity index (χ0) is 29.8. The van der Waals surface area contributed by atoms with E-state index in [-0.39, 0.29) is 25.7 Å². The van der Waals surface area contributed by atoms with Crippen LogP contribution in [0.3, 0.4) is 0 Å². The molecule has 1 aliphatic carbocycles. The van der Waals surface area contributed by atoms with Crippen LogP contribution in [0.5, 0.6) is 0 Å². The summed E-state index contributed by atoms with van der Waals surface area (Å²) in [7, 11) is 0. The monoisotopic (exact) mass is 584 g/mol. The van der Waals surface area contributed by atoms with Crippen LogP contribution in [0.2, 0.25) is 0 Å². The number of hydrogen-bond donors (Lipinski definition) is 8. The second-order valence-electron chi connectivity index (χ2n) is 11.4. The van der Waals surface area contributed by atoms with E-state index in [2.05, 4.69) is 4.99 Å². The predicted molar refractivity (Wildman–Crippen MR) is 138 cm³/mol. The molecule has 3 aliphatic rings. The molecule has 3 rings (SSSR count). The summed E-state index contributed by atoms with van der Waals surface area (Å²) in [6.45, 7) is 3.00. The van der Waals surface area contributed by atoms with Crippen LogP contribution in [-0.4, -0.2) is 124 Å². The van der Waals surface area contributed by atoms with Crippen LogP contribution in [0.1, 0.15) is 52.4 Å². The molecule has 0 bridgehead atoms. The third-order valence-electron chi connectivity index (χ3n) is 8.17. The molecule has 7 unspecified atom stereocenters. The first-order valence-electron chi connectivity index (χ1n) is 13.8. The maximum Gasteiger partial charge on any atom is 0.271 e. The number of amidine groups is 1. The fourth-order valence-electron chi connectivity index (χ4n) is 5.31. The van der Waals surface area contributed by atoms with Crippen molar-refractivity contribution >= 4 is 5.84 Å². The number of halogens is 2. The third-order valence-corrected chi connectivity index (χ3v) is 8.17. The van der Waals surface area contributed by atoms with Crippen molar-refractivity contribution in [2.45, 2.75) is 132 Å². The maximum atomic E-state index is 13.1. The van der Waals surface area contributed by atoms with Gasteiger partial charge in [0, 0.05) is 18.6 Å². The van der Waals surface area contributed by atoms with Gasteiger partial charge in [0.1, 0.15) is 30.3 Å². The van der Waals surface area contributed by atoms with Gasteiger partial charge in [-0.2, -0.15) is 0 Å². The number of nitrogens with two attached hydrogens (primary N) is 3. The van der Waals surface area contributed by atoms with E-state index < -0.39 is 85.0 Å². The Hall–Kier alpha value is -1.11. The van der Waals surface area contributed by atoms with E-state index in [1.165, 1.54) is 6.92 Å². The van der Waals surface area contributed by atoms with Gasteiger partial charge in [0.15, 0.2) is 18.7 Å². The van der Waals surface area contributed by atoms with Crippen molar-refractivity contribution in [3.63, 3.8) is 0 Å². The molecule has 0 amide bonds. The molecule has 15 heteroatoms. The molecule has 2 saturated heterocycles. The van der Waals surface area contributed by atoms with Gasteiger partial charge in [-0.15, -0.1) is 0 Å². The topological polar surface area (TPSA) is 228 Å². The van der Waals surface area contributed by atoms with Crippen molar-refractivity contribution in [1.29, 1.82) is 0 Å². The van der Waals surface area contributed by atoms with Gasteiger partial charge in [0.25, 0.3) is 6.43 Å². The lowest BCUT2D eigenvalue weighted by Gasteiger charge is -2.48. The van der Waals surface area contributed by atoms with Gasteiger partial charge in [-0.25, -0.2) is 8.78 Å². The fraction of sp³-hybridized carbons (Fsp3) is 0.960. The Morgan fingerprint density at radius 3 is 2.40 bits per heavy atom. The van der Waals surface area contributed by atoms with Crippen LogP contribution in [0.25, 0.3) is 0 Å². The zero-order valence-electron chi connectivity index (χ0n) is 23.0. The molecular formula is C25H46F2N4O9. The SMILES string of the molecule is C[C@@H]1C(O)[C@@H](OC2C(O)C(O[C@H]3O[C@H](CCCCO)CCC3N)[C@@H](N)C[C@H]2N=C(N)C(O)C(F)F)OCC1(C)O. The molecule has 13 atom stereocenters. The quantitative estimate of drug-likeness (QED) is 0.0772. The van der Waals surface area contributed by atoms with E-state index in [0.717, 1.165) is 6.42 Å².